The zero-order valence-corrected chi connectivity index (χ0v) is 17.3. The maximum absolute atomic E-state index is 9.04. The minimum Gasteiger partial charge on any atom is -0.539 e. The largest absolute Gasteiger partial charge is 0.539 e. The third kappa shape index (κ3) is 7.91. The van der Waals surface area contributed by atoms with Gasteiger partial charge in [0.2, 0.25) is 0 Å². The first kappa shape index (κ1) is 23.6. The van der Waals surface area contributed by atoms with Gasteiger partial charge in [-0.05, 0) is 11.6 Å². The van der Waals surface area contributed by atoms with Crippen molar-refractivity contribution < 1.29 is 29.8 Å². The van der Waals surface area contributed by atoms with E-state index in [2.05, 4.69) is 21.9 Å². The highest BCUT2D eigenvalue weighted by Crippen LogP contribution is 2.19. The first-order valence-corrected chi connectivity index (χ1v) is 10.4. The number of carboxylic acid groups (broad SMARTS) is 2. The van der Waals surface area contributed by atoms with Gasteiger partial charge in [-0.25, -0.2) is 4.79 Å². The molecule has 29 heavy (non-hydrogen) atoms. The van der Waals surface area contributed by atoms with Gasteiger partial charge in [0.25, 0.3) is 0 Å². The first-order chi connectivity index (χ1) is 13.9. The average Bonchev–Trinajstić information content (AvgIpc) is 2.72. The molecule has 2 aliphatic rings. The Morgan fingerprint density at radius 3 is 2.21 bits per heavy atom. The molecule has 0 atom stereocenters. The molecule has 0 spiro atoms. The van der Waals surface area contributed by atoms with Gasteiger partial charge in [-0.1, -0.05) is 29.8 Å². The summed E-state index contributed by atoms with van der Waals surface area (Å²) < 4.78 is 0. The lowest BCUT2D eigenvalue weighted by molar-refractivity contribution is -0.930. The lowest BCUT2D eigenvalue weighted by atomic mass is 10.0. The topological polar surface area (TPSA) is 109 Å². The molecule has 162 valence electrons. The summed E-state index contributed by atoms with van der Waals surface area (Å²) in [7, 11) is 0. The van der Waals surface area contributed by atoms with E-state index in [1.165, 1.54) is 44.6 Å². The van der Waals surface area contributed by atoms with Crippen molar-refractivity contribution in [2.45, 2.75) is 25.4 Å². The summed E-state index contributed by atoms with van der Waals surface area (Å²) in [5.41, 5.74) is 1.25. The van der Waals surface area contributed by atoms with E-state index in [1.807, 2.05) is 12.1 Å². The number of carbonyl (C=O) groups excluding carboxylic acids is 1. The van der Waals surface area contributed by atoms with Crippen LogP contribution in [0.1, 0.15) is 18.4 Å². The van der Waals surface area contributed by atoms with Crippen molar-refractivity contribution in [3.05, 3.63) is 34.9 Å². The second kappa shape index (κ2) is 12.1. The van der Waals surface area contributed by atoms with E-state index in [0.717, 1.165) is 37.2 Å². The maximum atomic E-state index is 9.04. The summed E-state index contributed by atoms with van der Waals surface area (Å²) in [6, 6.07) is 9.01. The van der Waals surface area contributed by atoms with Crippen LogP contribution in [0.2, 0.25) is 5.02 Å². The predicted molar refractivity (Wildman–Crippen MR) is 107 cm³/mol. The van der Waals surface area contributed by atoms with Crippen LogP contribution >= 0.6 is 11.6 Å². The second-order valence-corrected chi connectivity index (χ2v) is 7.87. The third-order valence-electron chi connectivity index (χ3n) is 5.61. The molecule has 1 aromatic rings. The number of piperidine rings is 1. The molecule has 0 aromatic heterocycles. The van der Waals surface area contributed by atoms with Gasteiger partial charge in [-0.3, -0.25) is 9.80 Å². The number of halogens is 1. The summed E-state index contributed by atoms with van der Waals surface area (Å²) in [4.78, 5) is 24.7. The van der Waals surface area contributed by atoms with Gasteiger partial charge >= 0.3 is 5.97 Å². The first-order valence-electron chi connectivity index (χ1n) is 9.98. The van der Waals surface area contributed by atoms with Gasteiger partial charge in [-0.15, -0.1) is 0 Å². The number of nitrogens with zero attached hydrogens (tertiary/aromatic N) is 2. The summed E-state index contributed by atoms with van der Waals surface area (Å²) in [5, 5.41) is 26.2. The molecule has 3 rings (SSSR count). The van der Waals surface area contributed by atoms with Crippen LogP contribution in [0.25, 0.3) is 0 Å². The number of rotatable bonds is 5. The number of hydrogen-bond acceptors (Lipinski definition) is 6. The summed E-state index contributed by atoms with van der Waals surface area (Å²) >= 11 is 6.28. The Balaban J connectivity index is 0.000000438. The molecule has 2 aliphatic heterocycles. The summed E-state index contributed by atoms with van der Waals surface area (Å²) in [5.74, 6) is -4.01. The van der Waals surface area contributed by atoms with Crippen LogP contribution in [0.5, 0.6) is 0 Å². The van der Waals surface area contributed by atoms with Crippen LogP contribution in [0.4, 0.5) is 0 Å². The number of aliphatic hydroxyl groups is 1. The third-order valence-corrected chi connectivity index (χ3v) is 5.97. The molecule has 1 aromatic carbocycles. The second-order valence-electron chi connectivity index (χ2n) is 7.46. The number of carbonyl (C=O) groups is 2. The Labute approximate surface area is 176 Å². The molecule has 0 radical (unpaired) electrons. The molecule has 2 heterocycles. The fourth-order valence-corrected chi connectivity index (χ4v) is 4.18. The minimum atomic E-state index is -2.07. The molecule has 3 N–H and O–H groups in total. The van der Waals surface area contributed by atoms with Crippen LogP contribution < -0.4 is 10.0 Å². The quantitative estimate of drug-likeness (QED) is 0.481. The van der Waals surface area contributed by atoms with E-state index in [9.17, 15) is 0 Å². The van der Waals surface area contributed by atoms with Crippen molar-refractivity contribution in [3.8, 4) is 0 Å². The molecule has 0 amide bonds. The molecule has 8 nitrogen and oxygen atoms in total. The average molecular weight is 428 g/mol. The maximum Gasteiger partial charge on any atom is 0.351 e. The molecular formula is C20H30ClN3O5. The van der Waals surface area contributed by atoms with Gasteiger partial charge in [0.05, 0.1) is 25.7 Å². The van der Waals surface area contributed by atoms with E-state index in [4.69, 9.17) is 36.5 Å². The molecule has 9 heteroatoms. The number of piperazine rings is 1. The highest BCUT2D eigenvalue weighted by molar-refractivity contribution is 6.31. The highest BCUT2D eigenvalue weighted by atomic mass is 35.5. The minimum absolute atomic E-state index is 0.287. The Bertz CT molecular complexity index is 647. The van der Waals surface area contributed by atoms with E-state index >= 15 is 0 Å². The predicted octanol–water partition coefficient (Wildman–Crippen LogP) is -1.68. The van der Waals surface area contributed by atoms with Gasteiger partial charge in [0.1, 0.15) is 0 Å². The standard InChI is InChI=1S/C18H28ClN3O.C2H2O4/c19-18-4-2-1-3-16(18)15-21-7-5-17(6-8-21)22-11-9-20(10-12-22)13-14-23;3-1(4)2(5)6/h1-4,17,23H,5-15H2;(H,3,4)(H,5,6). The normalized spacial score (nSPS) is 19.4. The molecule has 0 bridgehead atoms. The van der Waals surface area contributed by atoms with Crippen LogP contribution in [0.15, 0.2) is 24.3 Å². The number of carboxylic acids is 2. The number of likely N-dealkylation sites (tertiary alicyclic amines) is 1. The Kier molecular flexibility index (Phi) is 9.83. The number of aliphatic carboxylic acids is 2. The lowest BCUT2D eigenvalue weighted by Crippen LogP contribution is -3.18. The fourth-order valence-electron chi connectivity index (χ4n) is 3.98. The molecular weight excluding hydrogens is 398 g/mol. The van der Waals surface area contributed by atoms with E-state index in [1.54, 1.807) is 4.90 Å². The molecule has 0 saturated carbocycles. The smallest absolute Gasteiger partial charge is 0.351 e. The molecule has 0 unspecified atom stereocenters. The van der Waals surface area contributed by atoms with Gasteiger partial charge < -0.3 is 25.0 Å². The van der Waals surface area contributed by atoms with Crippen molar-refractivity contribution in [1.82, 2.24) is 9.80 Å². The van der Waals surface area contributed by atoms with Crippen LogP contribution in [0, 0.1) is 0 Å². The Morgan fingerprint density at radius 1 is 1.10 bits per heavy atom. The van der Waals surface area contributed by atoms with E-state index in [0.29, 0.717) is 0 Å². The number of benzene rings is 1. The van der Waals surface area contributed by atoms with Gasteiger partial charge in [0, 0.05) is 57.1 Å². The van der Waals surface area contributed by atoms with Crippen LogP contribution in [-0.2, 0) is 16.1 Å². The van der Waals surface area contributed by atoms with Gasteiger partial charge in [0.15, 0.2) is 5.97 Å². The van der Waals surface area contributed by atoms with Crippen molar-refractivity contribution in [1.29, 1.82) is 0 Å². The SMILES string of the molecule is O=C([O-])C(=O)O.OCCN1CC[NH+](C2CCN(Cc3ccccc3Cl)CC2)CC1. The molecule has 2 fully saturated rings. The number of nitrogens with one attached hydrogen (secondary N) is 1. The van der Waals surface area contributed by atoms with Gasteiger partial charge in [-0.2, -0.15) is 0 Å². The van der Waals surface area contributed by atoms with Crippen LogP contribution in [0.3, 0.4) is 0 Å². The number of quaternary nitrogens is 1. The molecule has 0 aliphatic carbocycles. The van der Waals surface area contributed by atoms with Crippen molar-refractivity contribution in [2.75, 3.05) is 52.4 Å². The van der Waals surface area contributed by atoms with E-state index in [-0.39, 0.29) is 6.61 Å². The monoisotopic (exact) mass is 427 g/mol. The zero-order valence-electron chi connectivity index (χ0n) is 16.6. The Morgan fingerprint density at radius 2 is 1.69 bits per heavy atom. The summed E-state index contributed by atoms with van der Waals surface area (Å²) in [6.45, 7) is 9.20. The highest BCUT2D eigenvalue weighted by Gasteiger charge is 2.30. The summed E-state index contributed by atoms with van der Waals surface area (Å²) in [6.07, 6.45) is 2.58. The van der Waals surface area contributed by atoms with Crippen LogP contribution in [-0.4, -0.2) is 90.4 Å². The van der Waals surface area contributed by atoms with Crippen molar-refractivity contribution >= 4 is 23.5 Å². The zero-order chi connectivity index (χ0) is 21.2. The lowest BCUT2D eigenvalue weighted by Gasteiger charge is -2.40. The number of hydrogen-bond donors (Lipinski definition) is 3. The van der Waals surface area contributed by atoms with Crippen molar-refractivity contribution in [3.63, 3.8) is 0 Å². The number of aliphatic hydroxyl groups excluding tert-OH is 1. The fraction of sp³-hybridized carbons (Fsp3) is 0.600. The number of β-amino-alcohol motifs (C(OH)–C–C–N with tert-alkyl or cyclic N) is 1. The molecule has 2 saturated heterocycles. The Hall–Kier alpha value is -1.71. The van der Waals surface area contributed by atoms with Crippen molar-refractivity contribution in [2.24, 2.45) is 0 Å². The van der Waals surface area contributed by atoms with E-state index < -0.39 is 11.9 Å².